The Labute approximate surface area is 226 Å². The lowest BCUT2D eigenvalue weighted by Crippen LogP contribution is -1.96. The molecule has 3 aromatic heterocycles. The van der Waals surface area contributed by atoms with Crippen molar-refractivity contribution in [3.8, 4) is 22.5 Å². The molecule has 7 rings (SSSR count). The standard InChI is InChI=1S/C35H26N4/c1-24-29(19-21-36-2)30-22-25(15-17-32(30)38(24)27-10-5-3-6-11-27)26-16-18-33-31(23-26)35-34(14-9-20-37-35)39(33)28-12-7-4-8-13-28/h3-23H,2H2,1H3/b21-19-. The Hall–Kier alpha value is -5.22. The predicted octanol–water partition coefficient (Wildman–Crippen LogP) is 8.77. The number of benzene rings is 4. The van der Waals surface area contributed by atoms with E-state index in [0.717, 1.165) is 55.5 Å². The van der Waals surface area contributed by atoms with Crippen LogP contribution in [-0.4, -0.2) is 20.8 Å². The fraction of sp³-hybridized carbons (Fsp3) is 0.0286. The van der Waals surface area contributed by atoms with Crippen molar-refractivity contribution in [2.75, 3.05) is 0 Å². The number of aliphatic imine (C=N–C) groups is 1. The second-order valence-corrected chi connectivity index (χ2v) is 9.67. The van der Waals surface area contributed by atoms with E-state index in [9.17, 15) is 0 Å². The molecule has 0 saturated carbocycles. The van der Waals surface area contributed by atoms with Crippen LogP contribution in [0.2, 0.25) is 0 Å². The van der Waals surface area contributed by atoms with Gasteiger partial charge in [0, 0.05) is 45.8 Å². The molecule has 0 N–H and O–H groups in total. The zero-order chi connectivity index (χ0) is 26.3. The summed E-state index contributed by atoms with van der Waals surface area (Å²) in [5.41, 5.74) is 11.3. The monoisotopic (exact) mass is 502 g/mol. The van der Waals surface area contributed by atoms with Crippen LogP contribution in [0.1, 0.15) is 11.3 Å². The summed E-state index contributed by atoms with van der Waals surface area (Å²) in [6.07, 6.45) is 5.69. The van der Waals surface area contributed by atoms with Crippen LogP contribution in [0.15, 0.2) is 127 Å². The maximum Gasteiger partial charge on any atom is 0.0963 e. The zero-order valence-corrected chi connectivity index (χ0v) is 21.6. The molecule has 186 valence electrons. The Morgan fingerprint density at radius 1 is 0.667 bits per heavy atom. The van der Waals surface area contributed by atoms with Gasteiger partial charge >= 0.3 is 0 Å². The molecule has 0 saturated heterocycles. The van der Waals surface area contributed by atoms with Crippen LogP contribution in [0.4, 0.5) is 0 Å². The van der Waals surface area contributed by atoms with E-state index in [2.05, 4.69) is 125 Å². The Morgan fingerprint density at radius 3 is 1.95 bits per heavy atom. The molecular formula is C35H26N4. The van der Waals surface area contributed by atoms with Crippen molar-refractivity contribution in [2.24, 2.45) is 4.99 Å². The van der Waals surface area contributed by atoms with Crippen molar-refractivity contribution >= 4 is 45.6 Å². The minimum atomic E-state index is 1.01. The largest absolute Gasteiger partial charge is 0.313 e. The van der Waals surface area contributed by atoms with Gasteiger partial charge in [-0.1, -0.05) is 48.5 Å². The smallest absolute Gasteiger partial charge is 0.0963 e. The number of fused-ring (bicyclic) bond motifs is 4. The highest BCUT2D eigenvalue weighted by Crippen LogP contribution is 2.37. The average molecular weight is 503 g/mol. The molecule has 4 nitrogen and oxygen atoms in total. The predicted molar refractivity (Wildman–Crippen MR) is 164 cm³/mol. The summed E-state index contributed by atoms with van der Waals surface area (Å²) in [5, 5.41) is 2.32. The first-order chi connectivity index (χ1) is 19.2. The maximum atomic E-state index is 4.79. The highest BCUT2D eigenvalue weighted by molar-refractivity contribution is 6.08. The summed E-state index contributed by atoms with van der Waals surface area (Å²) in [6.45, 7) is 5.80. The number of rotatable bonds is 5. The topological polar surface area (TPSA) is 35.1 Å². The molecule has 0 bridgehead atoms. The maximum absolute atomic E-state index is 4.79. The van der Waals surface area contributed by atoms with Gasteiger partial charge in [0.1, 0.15) is 0 Å². The van der Waals surface area contributed by atoms with Crippen molar-refractivity contribution < 1.29 is 0 Å². The lowest BCUT2D eigenvalue weighted by Gasteiger charge is -2.09. The van der Waals surface area contributed by atoms with E-state index in [1.807, 2.05) is 24.4 Å². The van der Waals surface area contributed by atoms with E-state index in [1.54, 1.807) is 6.20 Å². The van der Waals surface area contributed by atoms with Crippen LogP contribution in [0.25, 0.3) is 61.4 Å². The summed E-state index contributed by atoms with van der Waals surface area (Å²) >= 11 is 0. The van der Waals surface area contributed by atoms with E-state index in [1.165, 1.54) is 11.1 Å². The first-order valence-electron chi connectivity index (χ1n) is 13.0. The van der Waals surface area contributed by atoms with Gasteiger partial charge in [-0.2, -0.15) is 0 Å². The molecule has 0 atom stereocenters. The Bertz CT molecular complexity index is 2030. The van der Waals surface area contributed by atoms with Gasteiger partial charge in [0.05, 0.1) is 22.1 Å². The molecule has 0 unspecified atom stereocenters. The summed E-state index contributed by atoms with van der Waals surface area (Å²) in [4.78, 5) is 8.77. The fourth-order valence-electron chi connectivity index (χ4n) is 5.74. The van der Waals surface area contributed by atoms with Crippen molar-refractivity contribution in [2.45, 2.75) is 6.92 Å². The van der Waals surface area contributed by atoms with E-state index < -0.39 is 0 Å². The number of hydrogen-bond donors (Lipinski definition) is 0. The van der Waals surface area contributed by atoms with Crippen LogP contribution in [0, 0.1) is 6.92 Å². The highest BCUT2D eigenvalue weighted by atomic mass is 15.0. The Balaban J connectivity index is 1.45. The Morgan fingerprint density at radius 2 is 1.28 bits per heavy atom. The molecule has 39 heavy (non-hydrogen) atoms. The molecule has 3 heterocycles. The van der Waals surface area contributed by atoms with Gasteiger partial charge in [-0.3, -0.25) is 9.98 Å². The molecule has 0 radical (unpaired) electrons. The molecule has 0 aliphatic rings. The van der Waals surface area contributed by atoms with Crippen molar-refractivity contribution in [1.29, 1.82) is 0 Å². The summed E-state index contributed by atoms with van der Waals surface area (Å²) < 4.78 is 4.60. The molecule has 0 aliphatic heterocycles. The normalized spacial score (nSPS) is 11.7. The lowest BCUT2D eigenvalue weighted by molar-refractivity contribution is 1.05. The van der Waals surface area contributed by atoms with E-state index in [0.29, 0.717) is 0 Å². The molecule has 4 heteroatoms. The number of hydrogen-bond acceptors (Lipinski definition) is 2. The number of nitrogens with zero attached hydrogens (tertiary/aromatic N) is 4. The van der Waals surface area contributed by atoms with Crippen molar-refractivity contribution in [1.82, 2.24) is 14.1 Å². The molecule has 0 amide bonds. The molecule has 7 aromatic rings. The minimum absolute atomic E-state index is 1.01. The summed E-state index contributed by atoms with van der Waals surface area (Å²) in [5.74, 6) is 0. The third-order valence-corrected chi connectivity index (χ3v) is 7.48. The SMILES string of the molecule is C=N/C=C\c1c(C)n(-c2ccccc2)c2ccc(-c3ccc4c(c3)c3ncccc3n4-c3ccccc3)cc12. The molecule has 4 aromatic carbocycles. The number of pyridine rings is 1. The molecule has 0 fully saturated rings. The lowest BCUT2D eigenvalue weighted by atomic mass is 10.0. The van der Waals surface area contributed by atoms with E-state index in [-0.39, 0.29) is 0 Å². The molecular weight excluding hydrogens is 476 g/mol. The van der Waals surface area contributed by atoms with Gasteiger partial charge in [-0.05, 0) is 91.5 Å². The van der Waals surface area contributed by atoms with Gasteiger partial charge in [0.25, 0.3) is 0 Å². The van der Waals surface area contributed by atoms with Crippen LogP contribution in [0.3, 0.4) is 0 Å². The van der Waals surface area contributed by atoms with Crippen LogP contribution < -0.4 is 0 Å². The van der Waals surface area contributed by atoms with E-state index >= 15 is 0 Å². The molecule has 0 spiro atoms. The second kappa shape index (κ2) is 9.26. The highest BCUT2D eigenvalue weighted by Gasteiger charge is 2.17. The fourth-order valence-corrected chi connectivity index (χ4v) is 5.74. The first-order valence-corrected chi connectivity index (χ1v) is 13.0. The van der Waals surface area contributed by atoms with Crippen LogP contribution in [0.5, 0.6) is 0 Å². The quantitative estimate of drug-likeness (QED) is 0.217. The zero-order valence-electron chi connectivity index (χ0n) is 21.6. The van der Waals surface area contributed by atoms with E-state index in [4.69, 9.17) is 4.98 Å². The van der Waals surface area contributed by atoms with Gasteiger partial charge in [-0.15, -0.1) is 0 Å². The van der Waals surface area contributed by atoms with Crippen LogP contribution >= 0.6 is 0 Å². The number of para-hydroxylation sites is 2. The van der Waals surface area contributed by atoms with Gasteiger partial charge < -0.3 is 9.13 Å². The van der Waals surface area contributed by atoms with Crippen molar-refractivity contribution in [3.63, 3.8) is 0 Å². The second-order valence-electron chi connectivity index (χ2n) is 9.67. The van der Waals surface area contributed by atoms with Crippen molar-refractivity contribution in [3.05, 3.63) is 133 Å². The number of aromatic nitrogens is 3. The first kappa shape index (κ1) is 22.9. The van der Waals surface area contributed by atoms with Gasteiger partial charge in [0.2, 0.25) is 0 Å². The minimum Gasteiger partial charge on any atom is -0.313 e. The summed E-state index contributed by atoms with van der Waals surface area (Å²) in [7, 11) is 0. The van der Waals surface area contributed by atoms with Gasteiger partial charge in [-0.25, -0.2) is 0 Å². The average Bonchev–Trinajstić information content (AvgIpc) is 3.47. The third-order valence-electron chi connectivity index (χ3n) is 7.48. The van der Waals surface area contributed by atoms with Crippen LogP contribution in [-0.2, 0) is 0 Å². The summed E-state index contributed by atoms with van der Waals surface area (Å²) in [6, 6.07) is 38.5. The third kappa shape index (κ3) is 3.69. The molecule has 0 aliphatic carbocycles. The van der Waals surface area contributed by atoms with Gasteiger partial charge in [0.15, 0.2) is 0 Å². The Kier molecular flexibility index (Phi) is 5.45.